The molecular formula is C24H32N4O2S. The zero-order chi connectivity index (χ0) is 22.0. The first-order chi connectivity index (χ1) is 15.0. The van der Waals surface area contributed by atoms with Crippen LogP contribution in [0.15, 0.2) is 29.6 Å². The third-order valence-corrected chi connectivity index (χ3v) is 7.40. The van der Waals surface area contributed by atoms with E-state index in [1.165, 1.54) is 17.8 Å². The minimum absolute atomic E-state index is 0.0261. The Balaban J connectivity index is 1.65. The van der Waals surface area contributed by atoms with Gasteiger partial charge in [0.05, 0.1) is 29.2 Å². The van der Waals surface area contributed by atoms with Crippen LogP contribution in [0.2, 0.25) is 0 Å². The number of hydrogen-bond acceptors (Lipinski definition) is 5. The smallest absolute Gasteiger partial charge is 0.258 e. The lowest BCUT2D eigenvalue weighted by Gasteiger charge is -2.39. The van der Waals surface area contributed by atoms with Crippen molar-refractivity contribution in [1.29, 1.82) is 0 Å². The Kier molecular flexibility index (Phi) is 6.74. The second kappa shape index (κ2) is 9.51. The maximum atomic E-state index is 13.8. The molecule has 1 aromatic heterocycles. The van der Waals surface area contributed by atoms with Crippen molar-refractivity contribution in [2.24, 2.45) is 0 Å². The molecule has 0 saturated carbocycles. The molecular weight excluding hydrogens is 408 g/mol. The third-order valence-electron chi connectivity index (χ3n) is 6.50. The molecule has 2 aromatic rings. The van der Waals surface area contributed by atoms with Crippen molar-refractivity contribution in [3.05, 3.63) is 40.1 Å². The van der Waals surface area contributed by atoms with Gasteiger partial charge in [0.25, 0.3) is 5.91 Å². The highest BCUT2D eigenvalue weighted by Gasteiger charge is 2.34. The van der Waals surface area contributed by atoms with Crippen LogP contribution in [0.1, 0.15) is 48.3 Å². The fraction of sp³-hybridized carbons (Fsp3) is 0.500. The molecule has 2 amide bonds. The second-order valence-corrected chi connectivity index (χ2v) is 9.44. The monoisotopic (exact) mass is 440 g/mol. The number of carbonyl (C=O) groups is 2. The summed E-state index contributed by atoms with van der Waals surface area (Å²) >= 11 is 1.52. The van der Waals surface area contributed by atoms with Crippen molar-refractivity contribution in [3.8, 4) is 0 Å². The molecule has 1 unspecified atom stereocenters. The normalized spacial score (nSPS) is 19.0. The molecule has 1 fully saturated rings. The van der Waals surface area contributed by atoms with Crippen LogP contribution in [0.25, 0.3) is 0 Å². The van der Waals surface area contributed by atoms with Crippen molar-refractivity contribution < 1.29 is 9.59 Å². The quantitative estimate of drug-likeness (QED) is 0.719. The molecule has 0 bridgehead atoms. The number of likely N-dealkylation sites (tertiary alicyclic amines) is 1. The number of thiophene rings is 1. The summed E-state index contributed by atoms with van der Waals surface area (Å²) in [7, 11) is 0. The van der Waals surface area contributed by atoms with E-state index in [0.29, 0.717) is 23.8 Å². The molecule has 3 heterocycles. The van der Waals surface area contributed by atoms with Crippen LogP contribution < -0.4 is 10.2 Å². The maximum Gasteiger partial charge on any atom is 0.258 e. The zero-order valence-corrected chi connectivity index (χ0v) is 19.5. The average molecular weight is 441 g/mol. The fourth-order valence-electron chi connectivity index (χ4n) is 4.73. The summed E-state index contributed by atoms with van der Waals surface area (Å²) in [5.74, 6) is -0.127. The Morgan fingerprint density at radius 1 is 1.23 bits per heavy atom. The van der Waals surface area contributed by atoms with Crippen molar-refractivity contribution in [3.63, 3.8) is 0 Å². The number of nitrogens with zero attached hydrogens (tertiary/aromatic N) is 3. The number of anilines is 3. The van der Waals surface area contributed by atoms with Gasteiger partial charge in [0.2, 0.25) is 5.91 Å². The molecule has 1 aromatic carbocycles. The number of para-hydroxylation sites is 2. The lowest BCUT2D eigenvalue weighted by Crippen LogP contribution is -2.50. The fourth-order valence-corrected chi connectivity index (χ4v) is 5.56. The van der Waals surface area contributed by atoms with Gasteiger partial charge in [0, 0.05) is 22.8 Å². The topological polar surface area (TPSA) is 55.9 Å². The Hall–Kier alpha value is -2.22. The molecule has 0 aliphatic carbocycles. The van der Waals surface area contributed by atoms with Gasteiger partial charge < -0.3 is 10.2 Å². The SMILES string of the molecule is CCN(CC)CC1CCCCN1CC(=O)N1c2ccccc2NC(=O)c2csc(C)c21. The first kappa shape index (κ1) is 22.0. The summed E-state index contributed by atoms with van der Waals surface area (Å²) in [6, 6.07) is 7.98. The van der Waals surface area contributed by atoms with Crippen LogP contribution in [-0.4, -0.2) is 60.4 Å². The summed E-state index contributed by atoms with van der Waals surface area (Å²) < 4.78 is 0. The largest absolute Gasteiger partial charge is 0.320 e. The Bertz CT molecular complexity index is 953. The highest BCUT2D eigenvalue weighted by molar-refractivity contribution is 7.11. The number of fused-ring (bicyclic) bond motifs is 2. The maximum absolute atomic E-state index is 13.8. The third kappa shape index (κ3) is 4.40. The number of benzene rings is 1. The minimum Gasteiger partial charge on any atom is -0.320 e. The first-order valence-electron chi connectivity index (χ1n) is 11.3. The van der Waals surface area contributed by atoms with Gasteiger partial charge in [-0.3, -0.25) is 19.4 Å². The molecule has 166 valence electrons. The van der Waals surface area contributed by atoms with Gasteiger partial charge in [-0.25, -0.2) is 0 Å². The number of likely N-dealkylation sites (N-methyl/N-ethyl adjacent to an activating group) is 1. The number of amides is 2. The van der Waals surface area contributed by atoms with Gasteiger partial charge in [0.15, 0.2) is 0 Å². The summed E-state index contributed by atoms with van der Waals surface area (Å²) in [4.78, 5) is 34.2. The first-order valence-corrected chi connectivity index (χ1v) is 12.2. The number of hydrogen-bond donors (Lipinski definition) is 1. The number of carbonyl (C=O) groups excluding carboxylic acids is 2. The Morgan fingerprint density at radius 3 is 2.77 bits per heavy atom. The van der Waals surface area contributed by atoms with E-state index in [0.717, 1.165) is 55.3 Å². The van der Waals surface area contributed by atoms with Crippen molar-refractivity contribution >= 4 is 40.2 Å². The highest BCUT2D eigenvalue weighted by atomic mass is 32.1. The zero-order valence-electron chi connectivity index (χ0n) is 18.7. The number of rotatable bonds is 6. The van der Waals surface area contributed by atoms with Gasteiger partial charge >= 0.3 is 0 Å². The molecule has 1 atom stereocenters. The average Bonchev–Trinajstić information content (AvgIpc) is 3.09. The van der Waals surface area contributed by atoms with E-state index in [2.05, 4.69) is 29.0 Å². The molecule has 4 rings (SSSR count). The molecule has 31 heavy (non-hydrogen) atoms. The molecule has 1 saturated heterocycles. The molecule has 2 aliphatic rings. The van der Waals surface area contributed by atoms with Crippen molar-refractivity contribution in [2.45, 2.75) is 46.1 Å². The van der Waals surface area contributed by atoms with E-state index in [9.17, 15) is 9.59 Å². The summed E-state index contributed by atoms with van der Waals surface area (Å²) in [6.07, 6.45) is 3.47. The van der Waals surface area contributed by atoms with Crippen LogP contribution in [-0.2, 0) is 4.79 Å². The molecule has 0 radical (unpaired) electrons. The van der Waals surface area contributed by atoms with Crippen LogP contribution in [0, 0.1) is 6.92 Å². The van der Waals surface area contributed by atoms with Gasteiger partial charge in [-0.05, 0) is 51.5 Å². The van der Waals surface area contributed by atoms with E-state index in [4.69, 9.17) is 0 Å². The molecule has 6 nitrogen and oxygen atoms in total. The van der Waals surface area contributed by atoms with Gasteiger partial charge in [0.1, 0.15) is 0 Å². The van der Waals surface area contributed by atoms with Crippen LogP contribution in [0.3, 0.4) is 0 Å². The van der Waals surface area contributed by atoms with Gasteiger partial charge in [-0.2, -0.15) is 0 Å². The second-order valence-electron chi connectivity index (χ2n) is 8.36. The number of nitrogens with one attached hydrogen (secondary N) is 1. The van der Waals surface area contributed by atoms with E-state index >= 15 is 0 Å². The molecule has 0 spiro atoms. The summed E-state index contributed by atoms with van der Waals surface area (Å²) in [5.41, 5.74) is 2.73. The standard InChI is InChI=1S/C24H32N4O2S/c1-4-26(5-2)14-18-10-8-9-13-27(18)15-22(29)28-21-12-7-6-11-20(21)25-24(30)19-16-31-17(3)23(19)28/h6-7,11-12,16,18H,4-5,8-10,13-15H2,1-3H3,(H,25,30). The number of piperidine rings is 1. The van der Waals surface area contributed by atoms with Crippen LogP contribution in [0.5, 0.6) is 0 Å². The minimum atomic E-state index is -0.153. The van der Waals surface area contributed by atoms with Crippen LogP contribution in [0.4, 0.5) is 17.1 Å². The van der Waals surface area contributed by atoms with Crippen molar-refractivity contribution in [1.82, 2.24) is 9.80 Å². The van der Waals surface area contributed by atoms with Gasteiger partial charge in [-0.1, -0.05) is 32.4 Å². The predicted octanol–water partition coefficient (Wildman–Crippen LogP) is 4.48. The molecule has 2 aliphatic heterocycles. The van der Waals surface area contributed by atoms with Gasteiger partial charge in [-0.15, -0.1) is 11.3 Å². The highest BCUT2D eigenvalue weighted by Crippen LogP contribution is 2.42. The predicted molar refractivity (Wildman–Crippen MR) is 128 cm³/mol. The lowest BCUT2D eigenvalue weighted by atomic mass is 10.0. The van der Waals surface area contributed by atoms with Crippen LogP contribution >= 0.6 is 11.3 Å². The van der Waals surface area contributed by atoms with E-state index in [1.54, 1.807) is 4.90 Å². The Morgan fingerprint density at radius 2 is 2.00 bits per heavy atom. The lowest BCUT2D eigenvalue weighted by molar-refractivity contribution is -0.120. The number of aryl methyl sites for hydroxylation is 1. The molecule has 1 N–H and O–H groups in total. The summed E-state index contributed by atoms with van der Waals surface area (Å²) in [6.45, 7) is 10.7. The molecule has 7 heteroatoms. The van der Waals surface area contributed by atoms with E-state index in [-0.39, 0.29) is 11.8 Å². The van der Waals surface area contributed by atoms with E-state index < -0.39 is 0 Å². The Labute approximate surface area is 188 Å². The van der Waals surface area contributed by atoms with E-state index in [1.807, 2.05) is 36.6 Å². The summed E-state index contributed by atoms with van der Waals surface area (Å²) in [5, 5.41) is 4.84. The van der Waals surface area contributed by atoms with Crippen molar-refractivity contribution in [2.75, 3.05) is 42.9 Å².